The average molecular weight is 280 g/mol. The quantitative estimate of drug-likeness (QED) is 0.822. The van der Waals surface area contributed by atoms with Crippen molar-refractivity contribution < 1.29 is 4.79 Å². The summed E-state index contributed by atoms with van der Waals surface area (Å²) >= 11 is 5.71. The van der Waals surface area contributed by atoms with Crippen molar-refractivity contribution in [2.24, 2.45) is 5.92 Å². The predicted molar refractivity (Wildman–Crippen MR) is 79.6 cm³/mol. The molecule has 3 heteroatoms. The molecule has 2 rings (SSSR count). The van der Waals surface area contributed by atoms with Crippen LogP contribution in [0.25, 0.3) is 0 Å². The monoisotopic (exact) mass is 279 g/mol. The fourth-order valence-corrected chi connectivity index (χ4v) is 3.09. The van der Waals surface area contributed by atoms with E-state index in [1.54, 1.807) is 0 Å². The summed E-state index contributed by atoms with van der Waals surface area (Å²) in [6.07, 6.45) is 4.12. The van der Waals surface area contributed by atoms with Crippen LogP contribution in [0.3, 0.4) is 0 Å². The second-order valence-electron chi connectivity index (χ2n) is 5.47. The number of alkyl halides is 1. The van der Waals surface area contributed by atoms with Crippen LogP contribution in [0.2, 0.25) is 0 Å². The van der Waals surface area contributed by atoms with Crippen LogP contribution in [0.4, 0.5) is 0 Å². The minimum absolute atomic E-state index is 0.0353. The maximum absolute atomic E-state index is 12.3. The van der Waals surface area contributed by atoms with Crippen LogP contribution in [-0.4, -0.2) is 18.3 Å². The summed E-state index contributed by atoms with van der Waals surface area (Å²) < 4.78 is 0. The highest BCUT2D eigenvalue weighted by Gasteiger charge is 2.25. The topological polar surface area (TPSA) is 29.1 Å². The Bertz CT molecular complexity index is 433. The minimum atomic E-state index is 0.0353. The maximum Gasteiger partial charge on any atom is 0.227 e. The molecule has 1 aromatic carbocycles. The van der Waals surface area contributed by atoms with Gasteiger partial charge in [0.2, 0.25) is 5.91 Å². The third-order valence-corrected chi connectivity index (χ3v) is 4.13. The summed E-state index contributed by atoms with van der Waals surface area (Å²) in [6.45, 7) is 2.85. The molecule has 2 atom stereocenters. The SMILES string of the molecule is CC(CCCl)CNC(=O)C1CCCc2ccccc21. The molecule has 0 heterocycles. The lowest BCUT2D eigenvalue weighted by Gasteiger charge is -2.25. The van der Waals surface area contributed by atoms with Gasteiger partial charge in [0.25, 0.3) is 0 Å². The lowest BCUT2D eigenvalue weighted by atomic mass is 9.82. The van der Waals surface area contributed by atoms with Gasteiger partial charge in [0.1, 0.15) is 0 Å². The second-order valence-corrected chi connectivity index (χ2v) is 5.85. The summed E-state index contributed by atoms with van der Waals surface area (Å²) in [6, 6.07) is 8.33. The summed E-state index contributed by atoms with van der Waals surface area (Å²) in [5.41, 5.74) is 2.55. The Balaban J connectivity index is 1.97. The van der Waals surface area contributed by atoms with Gasteiger partial charge in [-0.25, -0.2) is 0 Å². The largest absolute Gasteiger partial charge is 0.355 e. The van der Waals surface area contributed by atoms with Gasteiger partial charge in [-0.1, -0.05) is 31.2 Å². The van der Waals surface area contributed by atoms with Crippen LogP contribution in [0.5, 0.6) is 0 Å². The third kappa shape index (κ3) is 3.73. The zero-order chi connectivity index (χ0) is 13.7. The Kier molecular flexibility index (Phi) is 5.26. The highest BCUT2D eigenvalue weighted by atomic mass is 35.5. The van der Waals surface area contributed by atoms with Crippen molar-refractivity contribution in [1.29, 1.82) is 0 Å². The summed E-state index contributed by atoms with van der Waals surface area (Å²) in [5, 5.41) is 3.08. The van der Waals surface area contributed by atoms with Crippen molar-refractivity contribution >= 4 is 17.5 Å². The number of carbonyl (C=O) groups is 1. The van der Waals surface area contributed by atoms with E-state index in [0.29, 0.717) is 11.8 Å². The molecule has 0 fully saturated rings. The summed E-state index contributed by atoms with van der Waals surface area (Å²) in [5.74, 6) is 1.31. The van der Waals surface area contributed by atoms with Crippen molar-refractivity contribution in [3.05, 3.63) is 35.4 Å². The van der Waals surface area contributed by atoms with Gasteiger partial charge in [-0.3, -0.25) is 4.79 Å². The van der Waals surface area contributed by atoms with E-state index >= 15 is 0 Å². The fourth-order valence-electron chi connectivity index (χ4n) is 2.71. The smallest absolute Gasteiger partial charge is 0.227 e. The molecule has 1 amide bonds. The molecular formula is C16H22ClNO. The molecule has 0 saturated carbocycles. The number of nitrogens with one attached hydrogen (secondary N) is 1. The normalized spacial score (nSPS) is 19.6. The number of fused-ring (bicyclic) bond motifs is 1. The van der Waals surface area contributed by atoms with Crippen molar-refractivity contribution in [2.75, 3.05) is 12.4 Å². The van der Waals surface area contributed by atoms with E-state index < -0.39 is 0 Å². The number of benzene rings is 1. The van der Waals surface area contributed by atoms with E-state index in [4.69, 9.17) is 11.6 Å². The van der Waals surface area contributed by atoms with E-state index in [1.807, 2.05) is 6.07 Å². The van der Waals surface area contributed by atoms with Crippen LogP contribution < -0.4 is 5.32 Å². The lowest BCUT2D eigenvalue weighted by molar-refractivity contribution is -0.123. The molecule has 1 aromatic rings. The van der Waals surface area contributed by atoms with Gasteiger partial charge < -0.3 is 5.32 Å². The molecule has 0 aromatic heterocycles. The summed E-state index contributed by atoms with van der Waals surface area (Å²) in [7, 11) is 0. The zero-order valence-corrected chi connectivity index (χ0v) is 12.2. The lowest BCUT2D eigenvalue weighted by Crippen LogP contribution is -2.34. The summed E-state index contributed by atoms with van der Waals surface area (Å²) in [4.78, 5) is 12.3. The molecule has 0 saturated heterocycles. The number of carbonyl (C=O) groups excluding carboxylic acids is 1. The van der Waals surface area contributed by atoms with E-state index in [2.05, 4.69) is 30.4 Å². The first kappa shape index (κ1) is 14.4. The van der Waals surface area contributed by atoms with Crippen LogP contribution in [0.15, 0.2) is 24.3 Å². The van der Waals surface area contributed by atoms with Crippen molar-refractivity contribution in [1.82, 2.24) is 5.32 Å². The standard InChI is InChI=1S/C16H22ClNO/c1-12(9-10-17)11-18-16(19)15-8-4-6-13-5-2-3-7-14(13)15/h2-3,5,7,12,15H,4,6,8-11H2,1H3,(H,18,19). The van der Waals surface area contributed by atoms with Crippen molar-refractivity contribution in [2.45, 2.75) is 38.5 Å². The van der Waals surface area contributed by atoms with E-state index in [0.717, 1.165) is 32.2 Å². The number of hydrogen-bond donors (Lipinski definition) is 1. The van der Waals surface area contributed by atoms with Gasteiger partial charge in [-0.15, -0.1) is 11.6 Å². The Morgan fingerprint density at radius 3 is 3.05 bits per heavy atom. The molecule has 0 radical (unpaired) electrons. The van der Waals surface area contributed by atoms with E-state index in [9.17, 15) is 4.79 Å². The van der Waals surface area contributed by atoms with Crippen LogP contribution in [-0.2, 0) is 11.2 Å². The number of rotatable bonds is 5. The third-order valence-electron chi connectivity index (χ3n) is 3.91. The van der Waals surface area contributed by atoms with E-state index in [-0.39, 0.29) is 11.8 Å². The molecule has 104 valence electrons. The van der Waals surface area contributed by atoms with E-state index in [1.165, 1.54) is 11.1 Å². The Morgan fingerprint density at radius 1 is 1.47 bits per heavy atom. The maximum atomic E-state index is 12.3. The average Bonchev–Trinajstić information content (AvgIpc) is 2.44. The van der Waals surface area contributed by atoms with Crippen LogP contribution >= 0.6 is 11.6 Å². The molecule has 1 aliphatic carbocycles. The Labute approximate surface area is 120 Å². The number of aryl methyl sites for hydroxylation is 1. The molecule has 2 unspecified atom stereocenters. The molecular weight excluding hydrogens is 258 g/mol. The van der Waals surface area contributed by atoms with Gasteiger partial charge in [0.15, 0.2) is 0 Å². The Morgan fingerprint density at radius 2 is 2.26 bits per heavy atom. The molecule has 0 bridgehead atoms. The van der Waals surface area contributed by atoms with Gasteiger partial charge >= 0.3 is 0 Å². The molecule has 1 aliphatic rings. The fraction of sp³-hybridized carbons (Fsp3) is 0.562. The highest BCUT2D eigenvalue weighted by Crippen LogP contribution is 2.31. The van der Waals surface area contributed by atoms with Gasteiger partial charge in [-0.05, 0) is 42.7 Å². The Hall–Kier alpha value is -1.02. The number of amides is 1. The molecule has 0 spiro atoms. The number of halogens is 1. The predicted octanol–water partition coefficient (Wildman–Crippen LogP) is 3.49. The van der Waals surface area contributed by atoms with Gasteiger partial charge in [-0.2, -0.15) is 0 Å². The first-order valence-electron chi connectivity index (χ1n) is 7.14. The molecule has 19 heavy (non-hydrogen) atoms. The van der Waals surface area contributed by atoms with Crippen molar-refractivity contribution in [3.63, 3.8) is 0 Å². The zero-order valence-electron chi connectivity index (χ0n) is 11.5. The van der Waals surface area contributed by atoms with Crippen molar-refractivity contribution in [3.8, 4) is 0 Å². The first-order chi connectivity index (χ1) is 9.22. The molecule has 0 aliphatic heterocycles. The molecule has 1 N–H and O–H groups in total. The minimum Gasteiger partial charge on any atom is -0.355 e. The number of hydrogen-bond acceptors (Lipinski definition) is 1. The van der Waals surface area contributed by atoms with Crippen LogP contribution in [0, 0.1) is 5.92 Å². The van der Waals surface area contributed by atoms with Gasteiger partial charge in [0.05, 0.1) is 5.92 Å². The second kappa shape index (κ2) is 6.95. The first-order valence-corrected chi connectivity index (χ1v) is 7.67. The molecule has 2 nitrogen and oxygen atoms in total. The van der Waals surface area contributed by atoms with Gasteiger partial charge in [0, 0.05) is 12.4 Å². The highest BCUT2D eigenvalue weighted by molar-refractivity contribution is 6.17. The van der Waals surface area contributed by atoms with Crippen LogP contribution in [0.1, 0.15) is 43.2 Å².